The molecule has 1 aromatic carbocycles. The van der Waals surface area contributed by atoms with Gasteiger partial charge in [-0.3, -0.25) is 5.84 Å². The van der Waals surface area contributed by atoms with Crippen LogP contribution in [0.5, 0.6) is 0 Å². The number of halogens is 1. The van der Waals surface area contributed by atoms with Gasteiger partial charge in [-0.2, -0.15) is 0 Å². The van der Waals surface area contributed by atoms with Crippen molar-refractivity contribution < 1.29 is 4.39 Å². The van der Waals surface area contributed by atoms with E-state index in [0.29, 0.717) is 5.56 Å². The molecule has 1 unspecified atom stereocenters. The highest BCUT2D eigenvalue weighted by molar-refractivity contribution is 5.32. The highest BCUT2D eigenvalue weighted by atomic mass is 19.1. The summed E-state index contributed by atoms with van der Waals surface area (Å²) in [4.78, 5) is 0. The van der Waals surface area contributed by atoms with E-state index in [1.54, 1.807) is 6.92 Å². The number of nitrogens with two attached hydrogens (primary N) is 1. The van der Waals surface area contributed by atoms with E-state index in [1.165, 1.54) is 37.3 Å². The van der Waals surface area contributed by atoms with Gasteiger partial charge in [0.25, 0.3) is 0 Å². The first kappa shape index (κ1) is 14.2. The van der Waals surface area contributed by atoms with Crippen LogP contribution in [0.4, 0.5) is 4.39 Å². The van der Waals surface area contributed by atoms with Crippen molar-refractivity contribution in [3.63, 3.8) is 0 Å². The molecule has 0 aliphatic heterocycles. The maximum Gasteiger partial charge on any atom is 0.126 e. The number of aryl methyl sites for hydroxylation is 1. The molecule has 2 nitrogen and oxygen atoms in total. The highest BCUT2D eigenvalue weighted by Gasteiger charge is 2.16. The van der Waals surface area contributed by atoms with Crippen molar-refractivity contribution in [2.24, 2.45) is 5.84 Å². The Morgan fingerprint density at radius 1 is 1.21 bits per heavy atom. The molecular formula is C16H23FN2. The largest absolute Gasteiger partial charge is 0.271 e. The van der Waals surface area contributed by atoms with E-state index >= 15 is 0 Å². The Kier molecular flexibility index (Phi) is 5.11. The molecule has 0 aromatic heterocycles. The fraction of sp³-hybridized carbons (Fsp3) is 0.500. The third kappa shape index (κ3) is 3.64. The second-order valence-corrected chi connectivity index (χ2v) is 5.34. The fourth-order valence-electron chi connectivity index (χ4n) is 2.74. The van der Waals surface area contributed by atoms with E-state index in [1.807, 2.05) is 12.1 Å². The van der Waals surface area contributed by atoms with Crippen molar-refractivity contribution in [3.05, 3.63) is 46.8 Å². The molecule has 0 bridgehead atoms. The van der Waals surface area contributed by atoms with Gasteiger partial charge in [0, 0.05) is 0 Å². The van der Waals surface area contributed by atoms with Crippen LogP contribution in [0.1, 0.15) is 55.7 Å². The smallest absolute Gasteiger partial charge is 0.126 e. The maximum absolute atomic E-state index is 13.4. The molecule has 0 amide bonds. The van der Waals surface area contributed by atoms with Gasteiger partial charge in [-0.05, 0) is 49.8 Å². The number of hydrogen-bond acceptors (Lipinski definition) is 2. The van der Waals surface area contributed by atoms with Gasteiger partial charge in [0.05, 0.1) is 6.04 Å². The van der Waals surface area contributed by atoms with Crippen molar-refractivity contribution in [1.82, 2.24) is 5.43 Å². The number of rotatable bonds is 3. The molecule has 3 N–H and O–H groups in total. The van der Waals surface area contributed by atoms with Crippen LogP contribution in [0.2, 0.25) is 0 Å². The molecule has 0 heterocycles. The quantitative estimate of drug-likeness (QED) is 0.492. The summed E-state index contributed by atoms with van der Waals surface area (Å²) in [5, 5.41) is 0. The van der Waals surface area contributed by atoms with Crippen molar-refractivity contribution >= 4 is 0 Å². The van der Waals surface area contributed by atoms with Gasteiger partial charge in [0.2, 0.25) is 0 Å². The zero-order chi connectivity index (χ0) is 13.7. The van der Waals surface area contributed by atoms with Gasteiger partial charge in [0.15, 0.2) is 0 Å². The number of hydrogen-bond donors (Lipinski definition) is 2. The third-order valence-electron chi connectivity index (χ3n) is 3.88. The Balaban J connectivity index is 2.24. The molecule has 0 spiro atoms. The van der Waals surface area contributed by atoms with Crippen molar-refractivity contribution in [2.75, 3.05) is 0 Å². The van der Waals surface area contributed by atoms with E-state index in [2.05, 4.69) is 11.5 Å². The Bertz CT molecular complexity index is 454. The molecule has 3 heteroatoms. The van der Waals surface area contributed by atoms with Gasteiger partial charge < -0.3 is 0 Å². The number of benzene rings is 1. The third-order valence-corrected chi connectivity index (χ3v) is 3.88. The standard InChI is InChI=1S/C16H23FN2/c1-12-11-14(9-10-15(12)17)16(19-18)13-7-5-3-2-4-6-8-13/h7,9-11,16,19H,2-6,8,18H2,1H3/b13-7+. The summed E-state index contributed by atoms with van der Waals surface area (Å²) >= 11 is 0. The minimum atomic E-state index is -0.161. The van der Waals surface area contributed by atoms with Crippen LogP contribution in [-0.4, -0.2) is 0 Å². The molecule has 1 aliphatic rings. The lowest BCUT2D eigenvalue weighted by Crippen LogP contribution is -2.29. The number of allylic oxidation sites excluding steroid dienone is 1. The van der Waals surface area contributed by atoms with E-state index in [-0.39, 0.29) is 11.9 Å². The highest BCUT2D eigenvalue weighted by Crippen LogP contribution is 2.29. The fourth-order valence-corrected chi connectivity index (χ4v) is 2.74. The van der Waals surface area contributed by atoms with E-state index < -0.39 is 0 Å². The second kappa shape index (κ2) is 6.83. The molecule has 0 radical (unpaired) electrons. The summed E-state index contributed by atoms with van der Waals surface area (Å²) in [6.07, 6.45) is 9.58. The van der Waals surface area contributed by atoms with Crippen molar-refractivity contribution in [2.45, 2.75) is 51.5 Å². The lowest BCUT2D eigenvalue weighted by Gasteiger charge is -2.22. The topological polar surface area (TPSA) is 38.0 Å². The van der Waals surface area contributed by atoms with Gasteiger partial charge in [-0.25, -0.2) is 9.82 Å². The zero-order valence-corrected chi connectivity index (χ0v) is 11.6. The molecule has 104 valence electrons. The Hall–Kier alpha value is -1.19. The first-order valence-electron chi connectivity index (χ1n) is 7.13. The Morgan fingerprint density at radius 2 is 2.00 bits per heavy atom. The Morgan fingerprint density at radius 3 is 2.74 bits per heavy atom. The molecule has 0 saturated heterocycles. The predicted octanol–water partition coefficient (Wildman–Crippen LogP) is 3.92. The van der Waals surface area contributed by atoms with E-state index in [4.69, 9.17) is 5.84 Å². The molecule has 1 atom stereocenters. The molecule has 0 fully saturated rings. The summed E-state index contributed by atoms with van der Waals surface area (Å²) in [7, 11) is 0. The zero-order valence-electron chi connectivity index (χ0n) is 11.6. The minimum Gasteiger partial charge on any atom is -0.271 e. The number of nitrogens with one attached hydrogen (secondary N) is 1. The molecule has 2 rings (SSSR count). The SMILES string of the molecule is Cc1cc(C(NN)/C2=C/CCCCCC2)ccc1F. The lowest BCUT2D eigenvalue weighted by atomic mass is 9.91. The van der Waals surface area contributed by atoms with Crippen LogP contribution >= 0.6 is 0 Å². The summed E-state index contributed by atoms with van der Waals surface area (Å²) in [6.45, 7) is 1.79. The van der Waals surface area contributed by atoms with Crippen LogP contribution < -0.4 is 11.3 Å². The first-order chi connectivity index (χ1) is 9.22. The van der Waals surface area contributed by atoms with E-state index in [9.17, 15) is 4.39 Å². The number of hydrazine groups is 1. The maximum atomic E-state index is 13.4. The molecule has 0 saturated carbocycles. The van der Waals surface area contributed by atoms with Gasteiger partial charge in [0.1, 0.15) is 5.82 Å². The monoisotopic (exact) mass is 262 g/mol. The van der Waals surface area contributed by atoms with Crippen molar-refractivity contribution in [1.29, 1.82) is 0 Å². The lowest BCUT2D eigenvalue weighted by molar-refractivity contribution is 0.553. The molecule has 1 aromatic rings. The second-order valence-electron chi connectivity index (χ2n) is 5.34. The first-order valence-corrected chi connectivity index (χ1v) is 7.13. The summed E-state index contributed by atoms with van der Waals surface area (Å²) in [5.74, 6) is 5.57. The normalized spacial score (nSPS) is 21.1. The Labute approximate surface area is 114 Å². The van der Waals surface area contributed by atoms with Crippen LogP contribution in [0.15, 0.2) is 29.8 Å². The minimum absolute atomic E-state index is 0.0115. The van der Waals surface area contributed by atoms with Gasteiger partial charge in [-0.15, -0.1) is 0 Å². The van der Waals surface area contributed by atoms with E-state index in [0.717, 1.165) is 18.4 Å². The van der Waals surface area contributed by atoms with Crippen LogP contribution in [0, 0.1) is 12.7 Å². The molecular weight excluding hydrogens is 239 g/mol. The van der Waals surface area contributed by atoms with Crippen LogP contribution in [0.3, 0.4) is 0 Å². The van der Waals surface area contributed by atoms with Gasteiger partial charge in [-0.1, -0.05) is 36.6 Å². The van der Waals surface area contributed by atoms with Crippen LogP contribution in [0.25, 0.3) is 0 Å². The van der Waals surface area contributed by atoms with Crippen molar-refractivity contribution in [3.8, 4) is 0 Å². The predicted molar refractivity (Wildman–Crippen MR) is 77.0 cm³/mol. The average molecular weight is 262 g/mol. The summed E-state index contributed by atoms with van der Waals surface area (Å²) in [5.41, 5.74) is 5.95. The van der Waals surface area contributed by atoms with Crippen LogP contribution in [-0.2, 0) is 0 Å². The molecule has 1 aliphatic carbocycles. The molecule has 19 heavy (non-hydrogen) atoms. The van der Waals surface area contributed by atoms with Gasteiger partial charge >= 0.3 is 0 Å². The summed E-state index contributed by atoms with van der Waals surface area (Å²) in [6, 6.07) is 5.25. The summed E-state index contributed by atoms with van der Waals surface area (Å²) < 4.78 is 13.4. The average Bonchev–Trinajstić information content (AvgIpc) is 2.36.